The van der Waals surface area contributed by atoms with E-state index in [1.54, 1.807) is 0 Å². The molecular weight excluding hydrogens is 302 g/mol. The van der Waals surface area contributed by atoms with Crippen molar-refractivity contribution in [2.24, 2.45) is 0 Å². The zero-order valence-corrected chi connectivity index (χ0v) is 12.2. The van der Waals surface area contributed by atoms with Crippen LogP contribution in [0.1, 0.15) is 22.8 Å². The molecule has 1 unspecified atom stereocenters. The first-order chi connectivity index (χ1) is 9.20. The maximum atomic E-state index is 11.3. The van der Waals surface area contributed by atoms with E-state index in [1.807, 2.05) is 24.3 Å². The predicted octanol–water partition coefficient (Wildman–Crippen LogP) is 4.34. The Labute approximate surface area is 121 Å². The summed E-state index contributed by atoms with van der Waals surface area (Å²) in [5.41, 5.74) is 4.25. The fraction of sp³-hybridized carbons (Fsp3) is 0.188. The molecule has 0 fully saturated rings. The zero-order chi connectivity index (χ0) is 13.4. The van der Waals surface area contributed by atoms with Crippen LogP contribution >= 0.6 is 15.9 Å². The van der Waals surface area contributed by atoms with Crippen LogP contribution in [-0.4, -0.2) is 12.3 Å². The van der Waals surface area contributed by atoms with E-state index < -0.39 is 0 Å². The van der Waals surface area contributed by atoms with Crippen molar-refractivity contribution < 1.29 is 4.79 Å². The van der Waals surface area contributed by atoms with E-state index in [-0.39, 0.29) is 0 Å². The fourth-order valence-corrected chi connectivity index (χ4v) is 3.15. The molecule has 0 amide bonds. The van der Waals surface area contributed by atoms with E-state index in [1.165, 1.54) is 11.3 Å². The third kappa shape index (κ3) is 2.08. The van der Waals surface area contributed by atoms with Gasteiger partial charge in [0.25, 0.3) is 0 Å². The highest BCUT2D eigenvalue weighted by Crippen LogP contribution is 2.39. The van der Waals surface area contributed by atoms with Gasteiger partial charge in [0.2, 0.25) is 0 Å². The van der Waals surface area contributed by atoms with Gasteiger partial charge in [0.05, 0.1) is 5.69 Å². The quantitative estimate of drug-likeness (QED) is 0.768. The number of carbonyl (C=O) groups is 1. The first-order valence-corrected chi connectivity index (χ1v) is 7.12. The topological polar surface area (TPSA) is 20.3 Å². The van der Waals surface area contributed by atoms with Crippen molar-refractivity contribution in [2.45, 2.75) is 19.4 Å². The summed E-state index contributed by atoms with van der Waals surface area (Å²) in [7, 11) is 0. The Morgan fingerprint density at radius 2 is 2.00 bits per heavy atom. The highest BCUT2D eigenvalue weighted by molar-refractivity contribution is 9.10. The number of benzene rings is 2. The maximum absolute atomic E-state index is 11.3. The molecule has 2 aromatic carbocycles. The first-order valence-electron chi connectivity index (χ1n) is 6.32. The van der Waals surface area contributed by atoms with E-state index >= 15 is 0 Å². The lowest BCUT2D eigenvalue weighted by atomic mass is 10.1. The van der Waals surface area contributed by atoms with Crippen molar-refractivity contribution in [1.29, 1.82) is 0 Å². The summed E-state index contributed by atoms with van der Waals surface area (Å²) in [4.78, 5) is 13.6. The molecule has 0 aliphatic carbocycles. The number of hydrogen-bond acceptors (Lipinski definition) is 2. The van der Waals surface area contributed by atoms with Gasteiger partial charge in [-0.2, -0.15) is 0 Å². The molecule has 0 radical (unpaired) electrons. The summed E-state index contributed by atoms with van der Waals surface area (Å²) < 4.78 is 0.929. The number of hydrogen-bond donors (Lipinski definition) is 0. The Morgan fingerprint density at radius 3 is 2.79 bits per heavy atom. The van der Waals surface area contributed by atoms with Crippen molar-refractivity contribution in [1.82, 2.24) is 0 Å². The lowest BCUT2D eigenvalue weighted by molar-refractivity contribution is 0.112. The van der Waals surface area contributed by atoms with Crippen LogP contribution in [0.5, 0.6) is 0 Å². The fourth-order valence-electron chi connectivity index (χ4n) is 2.77. The molecule has 2 nitrogen and oxygen atoms in total. The van der Waals surface area contributed by atoms with Gasteiger partial charge in [-0.05, 0) is 43.2 Å². The van der Waals surface area contributed by atoms with E-state index in [0.29, 0.717) is 6.04 Å². The molecule has 0 aromatic heterocycles. The molecule has 0 saturated heterocycles. The van der Waals surface area contributed by atoms with Crippen LogP contribution in [0.4, 0.5) is 11.4 Å². The van der Waals surface area contributed by atoms with E-state index in [9.17, 15) is 4.79 Å². The van der Waals surface area contributed by atoms with Crippen molar-refractivity contribution in [3.05, 3.63) is 58.1 Å². The predicted molar refractivity (Wildman–Crippen MR) is 81.3 cm³/mol. The molecule has 0 saturated carbocycles. The minimum Gasteiger partial charge on any atom is -0.337 e. The normalized spacial score (nSPS) is 17.4. The number of anilines is 2. The van der Waals surface area contributed by atoms with Crippen LogP contribution in [-0.2, 0) is 6.42 Å². The third-order valence-electron chi connectivity index (χ3n) is 3.58. The minimum atomic E-state index is 0.372. The number of nitrogens with zero attached hydrogens (tertiary/aromatic N) is 1. The second-order valence-corrected chi connectivity index (χ2v) is 5.79. The summed E-state index contributed by atoms with van der Waals surface area (Å²) in [6, 6.07) is 14.6. The van der Waals surface area contributed by atoms with Gasteiger partial charge in [0, 0.05) is 21.8 Å². The van der Waals surface area contributed by atoms with Crippen LogP contribution in [0.25, 0.3) is 0 Å². The second kappa shape index (κ2) is 4.82. The summed E-state index contributed by atoms with van der Waals surface area (Å²) >= 11 is 3.42. The van der Waals surface area contributed by atoms with Crippen LogP contribution in [0.15, 0.2) is 46.9 Å². The Hall–Kier alpha value is -1.61. The van der Waals surface area contributed by atoms with Crippen LogP contribution in [0.3, 0.4) is 0 Å². The molecule has 1 aliphatic rings. The second-order valence-electron chi connectivity index (χ2n) is 4.87. The molecule has 3 heteroatoms. The molecule has 96 valence electrons. The number of halogens is 1. The van der Waals surface area contributed by atoms with Gasteiger partial charge in [-0.15, -0.1) is 0 Å². The molecule has 0 N–H and O–H groups in total. The smallest absolute Gasteiger partial charge is 0.152 e. The van der Waals surface area contributed by atoms with Gasteiger partial charge in [0.1, 0.15) is 0 Å². The Bertz CT molecular complexity index is 638. The number of rotatable bonds is 2. The number of fused-ring (bicyclic) bond motifs is 1. The van der Waals surface area contributed by atoms with Gasteiger partial charge >= 0.3 is 0 Å². The van der Waals surface area contributed by atoms with Crippen LogP contribution in [0, 0.1) is 0 Å². The number of aldehydes is 1. The molecule has 1 aliphatic heterocycles. The van der Waals surface area contributed by atoms with Crippen molar-refractivity contribution in [3.63, 3.8) is 0 Å². The average molecular weight is 316 g/mol. The molecule has 19 heavy (non-hydrogen) atoms. The van der Waals surface area contributed by atoms with Crippen molar-refractivity contribution in [2.75, 3.05) is 4.90 Å². The highest BCUT2D eigenvalue weighted by Gasteiger charge is 2.28. The monoisotopic (exact) mass is 315 g/mol. The SMILES string of the molecule is CC1Cc2ccccc2N1c1ccc(Br)cc1C=O. The number of para-hydroxylation sites is 1. The van der Waals surface area contributed by atoms with Gasteiger partial charge in [-0.25, -0.2) is 0 Å². The Kier molecular flexibility index (Phi) is 3.15. The van der Waals surface area contributed by atoms with Gasteiger partial charge in [-0.1, -0.05) is 34.1 Å². The molecule has 1 heterocycles. The molecule has 3 rings (SSSR count). The first kappa shape index (κ1) is 12.4. The van der Waals surface area contributed by atoms with Gasteiger partial charge in [0.15, 0.2) is 6.29 Å². The summed E-state index contributed by atoms with van der Waals surface area (Å²) in [5, 5.41) is 0. The van der Waals surface area contributed by atoms with E-state index in [2.05, 4.69) is 46.0 Å². The standard InChI is InChI=1S/C16H14BrNO/c1-11-8-12-4-2-3-5-15(12)18(11)16-7-6-14(17)9-13(16)10-19/h2-7,9-11H,8H2,1H3. The van der Waals surface area contributed by atoms with Crippen LogP contribution < -0.4 is 4.90 Å². The molecule has 0 spiro atoms. The molecule has 0 bridgehead atoms. The average Bonchev–Trinajstić information content (AvgIpc) is 2.74. The van der Waals surface area contributed by atoms with Gasteiger partial charge in [-0.3, -0.25) is 4.79 Å². The Balaban J connectivity index is 2.15. The largest absolute Gasteiger partial charge is 0.337 e. The number of carbonyl (C=O) groups excluding carboxylic acids is 1. The summed E-state index contributed by atoms with van der Waals surface area (Å²) in [5.74, 6) is 0. The maximum Gasteiger partial charge on any atom is 0.152 e. The molecule has 1 atom stereocenters. The summed E-state index contributed by atoms with van der Waals surface area (Å²) in [6.45, 7) is 2.19. The Morgan fingerprint density at radius 1 is 1.21 bits per heavy atom. The third-order valence-corrected chi connectivity index (χ3v) is 4.08. The molecular formula is C16H14BrNO. The molecule has 2 aromatic rings. The lowest BCUT2D eigenvalue weighted by Crippen LogP contribution is -2.24. The van der Waals surface area contributed by atoms with Crippen LogP contribution in [0.2, 0.25) is 0 Å². The minimum absolute atomic E-state index is 0.372. The van der Waals surface area contributed by atoms with E-state index in [4.69, 9.17) is 0 Å². The van der Waals surface area contributed by atoms with Crippen molar-refractivity contribution in [3.8, 4) is 0 Å². The zero-order valence-electron chi connectivity index (χ0n) is 10.6. The lowest BCUT2D eigenvalue weighted by Gasteiger charge is -2.26. The van der Waals surface area contributed by atoms with E-state index in [0.717, 1.165) is 28.4 Å². The van der Waals surface area contributed by atoms with Crippen molar-refractivity contribution >= 4 is 33.6 Å². The summed E-state index contributed by atoms with van der Waals surface area (Å²) in [6.07, 6.45) is 1.94. The van der Waals surface area contributed by atoms with Gasteiger partial charge < -0.3 is 4.90 Å². The highest BCUT2D eigenvalue weighted by atomic mass is 79.9.